The number of hydrogen-bond acceptors (Lipinski definition) is 5. The van der Waals surface area contributed by atoms with E-state index in [1.165, 1.54) is 16.1 Å². The number of aromatic nitrogens is 2. The van der Waals surface area contributed by atoms with E-state index >= 15 is 0 Å². The average molecular weight is 401 g/mol. The van der Waals surface area contributed by atoms with Crippen LogP contribution in [0.25, 0.3) is 0 Å². The molecule has 3 aliphatic rings. The summed E-state index contributed by atoms with van der Waals surface area (Å²) in [6, 6.07) is 4.57. The number of rotatable bonds is 5. The van der Waals surface area contributed by atoms with Gasteiger partial charge in [-0.15, -0.1) is 11.3 Å². The van der Waals surface area contributed by atoms with Crippen molar-refractivity contribution in [1.82, 2.24) is 20.0 Å². The average Bonchev–Trinajstić information content (AvgIpc) is 3.23. The van der Waals surface area contributed by atoms with E-state index in [0.29, 0.717) is 6.04 Å². The van der Waals surface area contributed by atoms with Crippen LogP contribution in [-0.2, 0) is 23.3 Å². The summed E-state index contributed by atoms with van der Waals surface area (Å²) in [6.07, 6.45) is 7.04. The van der Waals surface area contributed by atoms with Crippen LogP contribution in [0.3, 0.4) is 0 Å². The van der Waals surface area contributed by atoms with Gasteiger partial charge in [-0.1, -0.05) is 0 Å². The molecular formula is C21H28N4O2S. The van der Waals surface area contributed by atoms with Crippen molar-refractivity contribution in [2.24, 2.45) is 0 Å². The Morgan fingerprint density at radius 3 is 2.89 bits per heavy atom. The molecule has 1 N–H and O–H groups in total. The van der Waals surface area contributed by atoms with Gasteiger partial charge in [0.1, 0.15) is 5.60 Å². The van der Waals surface area contributed by atoms with E-state index in [0.717, 1.165) is 69.8 Å². The van der Waals surface area contributed by atoms with E-state index in [2.05, 4.69) is 39.1 Å². The second-order valence-electron chi connectivity index (χ2n) is 8.34. The number of carbonyl (C=O) groups excluding carboxylic acids is 1. The van der Waals surface area contributed by atoms with Crippen LogP contribution in [-0.4, -0.2) is 52.9 Å². The number of thiophene rings is 1. The third kappa shape index (κ3) is 3.51. The van der Waals surface area contributed by atoms with Crippen LogP contribution in [0, 0.1) is 6.92 Å². The molecule has 0 aromatic carbocycles. The van der Waals surface area contributed by atoms with Gasteiger partial charge < -0.3 is 15.0 Å². The van der Waals surface area contributed by atoms with Crippen molar-refractivity contribution >= 4 is 17.2 Å². The van der Waals surface area contributed by atoms with Crippen molar-refractivity contribution < 1.29 is 9.53 Å². The second-order valence-corrected chi connectivity index (χ2v) is 9.40. The summed E-state index contributed by atoms with van der Waals surface area (Å²) in [5, 5.41) is 7.51. The molecule has 6 nitrogen and oxygen atoms in total. The quantitative estimate of drug-likeness (QED) is 0.838. The first kappa shape index (κ1) is 18.3. The van der Waals surface area contributed by atoms with E-state index in [4.69, 9.17) is 4.74 Å². The molecule has 1 saturated carbocycles. The van der Waals surface area contributed by atoms with Gasteiger partial charge in [-0.2, -0.15) is 5.10 Å². The van der Waals surface area contributed by atoms with E-state index in [9.17, 15) is 4.79 Å². The van der Waals surface area contributed by atoms with Gasteiger partial charge in [0.15, 0.2) is 0 Å². The van der Waals surface area contributed by atoms with Gasteiger partial charge in [-0.25, -0.2) is 0 Å². The normalized spacial score (nSPS) is 21.6. The van der Waals surface area contributed by atoms with Crippen molar-refractivity contribution in [3.05, 3.63) is 39.3 Å². The summed E-state index contributed by atoms with van der Waals surface area (Å²) in [7, 11) is 0. The zero-order chi connectivity index (χ0) is 19.1. The van der Waals surface area contributed by atoms with Crippen LogP contribution >= 0.6 is 11.3 Å². The summed E-state index contributed by atoms with van der Waals surface area (Å²) < 4.78 is 8.44. The number of carbonyl (C=O) groups is 1. The van der Waals surface area contributed by atoms with Crippen LogP contribution in [0.5, 0.6) is 0 Å². The Bertz CT molecular complexity index is 862. The first-order chi connectivity index (χ1) is 13.6. The minimum Gasteiger partial charge on any atom is -0.369 e. The number of piperidine rings is 1. The highest BCUT2D eigenvalue weighted by Gasteiger charge is 2.42. The zero-order valence-corrected chi connectivity index (χ0v) is 17.3. The summed E-state index contributed by atoms with van der Waals surface area (Å²) in [6.45, 7) is 6.87. The van der Waals surface area contributed by atoms with Gasteiger partial charge in [-0.3, -0.25) is 9.48 Å². The first-order valence-corrected chi connectivity index (χ1v) is 11.2. The van der Waals surface area contributed by atoms with Crippen LogP contribution < -0.4 is 5.32 Å². The Balaban J connectivity index is 1.25. The number of fused-ring (bicyclic) bond motifs is 2. The van der Waals surface area contributed by atoms with E-state index in [-0.39, 0.29) is 11.5 Å². The number of ether oxygens (including phenoxy) is 1. The van der Waals surface area contributed by atoms with E-state index < -0.39 is 0 Å². The predicted molar refractivity (Wildman–Crippen MR) is 109 cm³/mol. The van der Waals surface area contributed by atoms with E-state index in [1.807, 2.05) is 6.20 Å². The lowest BCUT2D eigenvalue weighted by atomic mass is 9.85. The van der Waals surface area contributed by atoms with Crippen molar-refractivity contribution in [2.45, 2.75) is 57.2 Å². The molecular weight excluding hydrogens is 372 g/mol. The molecule has 0 unspecified atom stereocenters. The van der Waals surface area contributed by atoms with Crippen LogP contribution in [0.15, 0.2) is 18.3 Å². The lowest BCUT2D eigenvalue weighted by molar-refractivity contribution is -0.0953. The molecule has 2 aromatic rings. The largest absolute Gasteiger partial charge is 0.369 e. The van der Waals surface area contributed by atoms with Crippen LogP contribution in [0.1, 0.15) is 51.5 Å². The maximum atomic E-state index is 12.5. The fraction of sp³-hybridized carbons (Fsp3) is 0.619. The van der Waals surface area contributed by atoms with Gasteiger partial charge in [0.05, 0.1) is 18.0 Å². The topological polar surface area (TPSA) is 59.4 Å². The number of likely N-dealkylation sites (tertiary alicyclic amines) is 1. The molecule has 1 saturated heterocycles. The maximum Gasteiger partial charge on any atom is 0.261 e. The van der Waals surface area contributed by atoms with Gasteiger partial charge in [0, 0.05) is 42.4 Å². The standard InChI is InChI=1S/C21H28N4O2S/c1-15-4-8-22-25(15)12-11-24-9-6-21(7-10-24)19-16(5-13-27-21)14-18(28-19)20(26)23-17-2-3-17/h4,8,14,17H,2-3,5-7,9-13H2,1H3,(H,23,26). The van der Waals surface area contributed by atoms with Crippen LogP contribution in [0.4, 0.5) is 0 Å². The molecule has 5 rings (SSSR count). The van der Waals surface area contributed by atoms with Crippen molar-refractivity contribution in [1.29, 1.82) is 0 Å². The molecule has 0 bridgehead atoms. The molecule has 7 heteroatoms. The summed E-state index contributed by atoms with van der Waals surface area (Å²) in [5.41, 5.74) is 2.36. The second kappa shape index (κ2) is 7.28. The third-order valence-corrected chi connectivity index (χ3v) is 7.69. The van der Waals surface area contributed by atoms with Gasteiger partial charge >= 0.3 is 0 Å². The molecule has 28 heavy (non-hydrogen) atoms. The lowest BCUT2D eigenvalue weighted by Gasteiger charge is -2.43. The molecule has 1 amide bonds. The van der Waals surface area contributed by atoms with Gasteiger partial charge in [0.25, 0.3) is 5.91 Å². The summed E-state index contributed by atoms with van der Waals surface area (Å²) in [4.78, 5) is 17.2. The molecule has 2 aromatic heterocycles. The molecule has 2 fully saturated rings. The van der Waals surface area contributed by atoms with Crippen molar-refractivity contribution in [3.63, 3.8) is 0 Å². The number of nitrogens with zero attached hydrogens (tertiary/aromatic N) is 3. The van der Waals surface area contributed by atoms with Gasteiger partial charge in [-0.05, 0) is 56.7 Å². The first-order valence-electron chi connectivity index (χ1n) is 10.4. The number of aryl methyl sites for hydroxylation is 1. The highest BCUT2D eigenvalue weighted by molar-refractivity contribution is 7.14. The van der Waals surface area contributed by atoms with Crippen molar-refractivity contribution in [2.75, 3.05) is 26.2 Å². The number of hydrogen-bond donors (Lipinski definition) is 1. The van der Waals surface area contributed by atoms with E-state index in [1.54, 1.807) is 11.3 Å². The van der Waals surface area contributed by atoms with Crippen LogP contribution in [0.2, 0.25) is 0 Å². The minimum absolute atomic E-state index is 0.101. The monoisotopic (exact) mass is 400 g/mol. The number of amides is 1. The molecule has 1 spiro atoms. The Labute approximate surface area is 169 Å². The molecule has 1 aliphatic carbocycles. The Morgan fingerprint density at radius 2 is 2.18 bits per heavy atom. The fourth-order valence-electron chi connectivity index (χ4n) is 4.40. The molecule has 150 valence electrons. The Hall–Kier alpha value is -1.70. The number of nitrogens with one attached hydrogen (secondary N) is 1. The smallest absolute Gasteiger partial charge is 0.261 e. The van der Waals surface area contributed by atoms with Gasteiger partial charge in [0.2, 0.25) is 0 Å². The predicted octanol–water partition coefficient (Wildman–Crippen LogP) is 2.71. The Kier molecular flexibility index (Phi) is 4.77. The highest BCUT2D eigenvalue weighted by Crippen LogP contribution is 2.45. The molecule has 2 aliphatic heterocycles. The molecule has 4 heterocycles. The highest BCUT2D eigenvalue weighted by atomic mass is 32.1. The maximum absolute atomic E-state index is 12.5. The third-order valence-electron chi connectivity index (χ3n) is 6.33. The Morgan fingerprint density at radius 1 is 1.36 bits per heavy atom. The molecule has 0 radical (unpaired) electrons. The summed E-state index contributed by atoms with van der Waals surface area (Å²) >= 11 is 1.66. The summed E-state index contributed by atoms with van der Waals surface area (Å²) in [5.74, 6) is 0.101. The minimum atomic E-state index is -0.186. The SMILES string of the molecule is Cc1ccnn1CCN1CCC2(CC1)OCCc1cc(C(=O)NC3CC3)sc12. The fourth-order valence-corrected chi connectivity index (χ4v) is 5.71. The lowest BCUT2D eigenvalue weighted by Crippen LogP contribution is -2.46. The molecule has 0 atom stereocenters. The van der Waals surface area contributed by atoms with Crippen molar-refractivity contribution in [3.8, 4) is 0 Å². The zero-order valence-electron chi connectivity index (χ0n) is 16.4.